The molecule has 1 aromatic carbocycles. The molecule has 0 N–H and O–H groups in total. The van der Waals surface area contributed by atoms with Gasteiger partial charge in [-0.1, -0.05) is 38.5 Å². The van der Waals surface area contributed by atoms with Crippen molar-refractivity contribution in [2.24, 2.45) is 0 Å². The SMILES string of the molecule is CCCC(CC)c1ccccc1OCC1CO1. The first-order chi connectivity index (χ1) is 8.35. The average molecular weight is 234 g/mol. The molecule has 2 unspecified atom stereocenters. The van der Waals surface area contributed by atoms with E-state index in [-0.39, 0.29) is 0 Å². The Morgan fingerprint density at radius 3 is 2.76 bits per heavy atom. The van der Waals surface area contributed by atoms with E-state index in [1.807, 2.05) is 6.07 Å². The fraction of sp³-hybridized carbons (Fsp3) is 0.600. The van der Waals surface area contributed by atoms with Crippen LogP contribution < -0.4 is 4.74 Å². The van der Waals surface area contributed by atoms with Gasteiger partial charge in [0.05, 0.1) is 6.61 Å². The van der Waals surface area contributed by atoms with Crippen molar-refractivity contribution in [2.45, 2.75) is 45.1 Å². The van der Waals surface area contributed by atoms with Crippen molar-refractivity contribution in [1.29, 1.82) is 0 Å². The van der Waals surface area contributed by atoms with Crippen LogP contribution in [0.3, 0.4) is 0 Å². The van der Waals surface area contributed by atoms with Crippen LogP contribution in [0.15, 0.2) is 24.3 Å². The fourth-order valence-electron chi connectivity index (χ4n) is 2.22. The molecule has 1 heterocycles. The summed E-state index contributed by atoms with van der Waals surface area (Å²) < 4.78 is 11.0. The second kappa shape index (κ2) is 6.06. The summed E-state index contributed by atoms with van der Waals surface area (Å²) in [6, 6.07) is 8.43. The first-order valence-electron chi connectivity index (χ1n) is 6.68. The van der Waals surface area contributed by atoms with Gasteiger partial charge in [-0.05, 0) is 30.4 Å². The van der Waals surface area contributed by atoms with Gasteiger partial charge in [-0.3, -0.25) is 0 Å². The van der Waals surface area contributed by atoms with E-state index in [2.05, 4.69) is 32.0 Å². The van der Waals surface area contributed by atoms with Crippen molar-refractivity contribution in [3.8, 4) is 5.75 Å². The number of ether oxygens (including phenoxy) is 2. The van der Waals surface area contributed by atoms with Gasteiger partial charge in [0.25, 0.3) is 0 Å². The molecule has 1 fully saturated rings. The fourth-order valence-corrected chi connectivity index (χ4v) is 2.22. The lowest BCUT2D eigenvalue weighted by atomic mass is 9.91. The van der Waals surface area contributed by atoms with Crippen LogP contribution in [0.4, 0.5) is 0 Å². The molecule has 0 bridgehead atoms. The summed E-state index contributed by atoms with van der Waals surface area (Å²) in [6.07, 6.45) is 3.96. The van der Waals surface area contributed by atoms with Gasteiger partial charge in [0.1, 0.15) is 18.5 Å². The van der Waals surface area contributed by atoms with Crippen LogP contribution in [-0.2, 0) is 4.74 Å². The van der Waals surface area contributed by atoms with Gasteiger partial charge in [0.2, 0.25) is 0 Å². The maximum absolute atomic E-state index is 5.87. The van der Waals surface area contributed by atoms with Gasteiger partial charge in [-0.25, -0.2) is 0 Å². The number of rotatable bonds is 7. The van der Waals surface area contributed by atoms with Crippen LogP contribution in [0, 0.1) is 0 Å². The Balaban J connectivity index is 2.06. The molecule has 0 aromatic heterocycles. The third-order valence-corrected chi connectivity index (χ3v) is 3.32. The lowest BCUT2D eigenvalue weighted by Crippen LogP contribution is -2.07. The van der Waals surface area contributed by atoms with Gasteiger partial charge in [-0.15, -0.1) is 0 Å². The summed E-state index contributed by atoms with van der Waals surface area (Å²) in [7, 11) is 0. The maximum atomic E-state index is 5.87. The van der Waals surface area contributed by atoms with Gasteiger partial charge in [0, 0.05) is 0 Å². The number of para-hydroxylation sites is 1. The van der Waals surface area contributed by atoms with Crippen molar-refractivity contribution in [3.05, 3.63) is 29.8 Å². The van der Waals surface area contributed by atoms with Crippen LogP contribution in [0.5, 0.6) is 5.75 Å². The van der Waals surface area contributed by atoms with E-state index in [0.29, 0.717) is 18.6 Å². The van der Waals surface area contributed by atoms with Crippen molar-refractivity contribution in [1.82, 2.24) is 0 Å². The largest absolute Gasteiger partial charge is 0.490 e. The Labute approximate surface area is 104 Å². The van der Waals surface area contributed by atoms with Crippen LogP contribution in [0.2, 0.25) is 0 Å². The Morgan fingerprint density at radius 2 is 2.12 bits per heavy atom. The molecule has 1 aromatic rings. The molecule has 1 aliphatic heterocycles. The molecule has 2 atom stereocenters. The zero-order chi connectivity index (χ0) is 12.1. The highest BCUT2D eigenvalue weighted by atomic mass is 16.6. The Morgan fingerprint density at radius 1 is 1.35 bits per heavy atom. The third kappa shape index (κ3) is 3.47. The average Bonchev–Trinajstić information content (AvgIpc) is 3.18. The van der Waals surface area contributed by atoms with Gasteiger partial charge in [0.15, 0.2) is 0 Å². The lowest BCUT2D eigenvalue weighted by Gasteiger charge is -2.18. The first kappa shape index (κ1) is 12.4. The van der Waals surface area contributed by atoms with E-state index in [4.69, 9.17) is 9.47 Å². The third-order valence-electron chi connectivity index (χ3n) is 3.32. The summed E-state index contributed by atoms with van der Waals surface area (Å²) in [5.41, 5.74) is 1.36. The lowest BCUT2D eigenvalue weighted by molar-refractivity contribution is 0.259. The quantitative estimate of drug-likeness (QED) is 0.670. The van der Waals surface area contributed by atoms with E-state index in [0.717, 1.165) is 12.4 Å². The molecule has 2 heteroatoms. The predicted molar refractivity (Wildman–Crippen MR) is 69.6 cm³/mol. The zero-order valence-electron chi connectivity index (χ0n) is 10.8. The maximum Gasteiger partial charge on any atom is 0.122 e. The van der Waals surface area contributed by atoms with Gasteiger partial charge < -0.3 is 9.47 Å². The second-order valence-electron chi connectivity index (χ2n) is 4.70. The van der Waals surface area contributed by atoms with E-state index >= 15 is 0 Å². The van der Waals surface area contributed by atoms with E-state index in [9.17, 15) is 0 Å². The number of hydrogen-bond donors (Lipinski definition) is 0. The minimum absolute atomic E-state index is 0.328. The van der Waals surface area contributed by atoms with E-state index in [1.54, 1.807) is 0 Å². The molecule has 1 aliphatic rings. The number of hydrogen-bond acceptors (Lipinski definition) is 2. The van der Waals surface area contributed by atoms with Crippen LogP contribution >= 0.6 is 0 Å². The highest BCUT2D eigenvalue weighted by Gasteiger charge is 2.24. The molecule has 0 saturated carbocycles. The summed E-state index contributed by atoms with van der Waals surface area (Å²) in [5, 5.41) is 0. The van der Waals surface area contributed by atoms with Crippen LogP contribution in [0.25, 0.3) is 0 Å². The summed E-state index contributed by atoms with van der Waals surface area (Å²) in [6.45, 7) is 6.04. The summed E-state index contributed by atoms with van der Waals surface area (Å²) in [4.78, 5) is 0. The topological polar surface area (TPSA) is 21.8 Å². The summed E-state index contributed by atoms with van der Waals surface area (Å²) in [5.74, 6) is 1.67. The molecule has 0 spiro atoms. The molecule has 0 radical (unpaired) electrons. The Hall–Kier alpha value is -1.02. The second-order valence-corrected chi connectivity index (χ2v) is 4.70. The predicted octanol–water partition coefficient (Wildman–Crippen LogP) is 3.76. The molecule has 0 aliphatic carbocycles. The Kier molecular flexibility index (Phi) is 4.43. The van der Waals surface area contributed by atoms with Crippen molar-refractivity contribution >= 4 is 0 Å². The molecule has 94 valence electrons. The molecule has 2 rings (SSSR count). The van der Waals surface area contributed by atoms with Gasteiger partial charge in [-0.2, -0.15) is 0 Å². The molecular weight excluding hydrogens is 212 g/mol. The minimum Gasteiger partial charge on any atom is -0.490 e. The van der Waals surface area contributed by atoms with Gasteiger partial charge >= 0.3 is 0 Å². The van der Waals surface area contributed by atoms with E-state index in [1.165, 1.54) is 24.8 Å². The van der Waals surface area contributed by atoms with Crippen LogP contribution in [-0.4, -0.2) is 19.3 Å². The smallest absolute Gasteiger partial charge is 0.122 e. The molecule has 0 amide bonds. The Bertz CT molecular complexity index is 345. The monoisotopic (exact) mass is 234 g/mol. The molecule has 1 saturated heterocycles. The van der Waals surface area contributed by atoms with E-state index < -0.39 is 0 Å². The standard InChI is InChI=1S/C15H22O2/c1-3-7-12(4-2)14-8-5-6-9-15(14)17-11-13-10-16-13/h5-6,8-9,12-13H,3-4,7,10-11H2,1-2H3. The highest BCUT2D eigenvalue weighted by Crippen LogP contribution is 2.32. The van der Waals surface area contributed by atoms with Crippen molar-refractivity contribution in [2.75, 3.05) is 13.2 Å². The number of epoxide rings is 1. The normalized spacial score (nSPS) is 20.0. The van der Waals surface area contributed by atoms with Crippen LogP contribution in [0.1, 0.15) is 44.6 Å². The molecule has 2 nitrogen and oxygen atoms in total. The number of benzene rings is 1. The summed E-state index contributed by atoms with van der Waals surface area (Å²) >= 11 is 0. The minimum atomic E-state index is 0.328. The van der Waals surface area contributed by atoms with Crippen molar-refractivity contribution < 1.29 is 9.47 Å². The van der Waals surface area contributed by atoms with Crippen molar-refractivity contribution in [3.63, 3.8) is 0 Å². The molecular formula is C15H22O2. The highest BCUT2D eigenvalue weighted by molar-refractivity contribution is 5.36. The molecule has 17 heavy (non-hydrogen) atoms. The first-order valence-corrected chi connectivity index (χ1v) is 6.68. The zero-order valence-corrected chi connectivity index (χ0v) is 10.8.